The molecule has 0 fully saturated rings. The van der Waals surface area contributed by atoms with Crippen molar-refractivity contribution in [3.8, 4) is 11.4 Å². The van der Waals surface area contributed by atoms with Crippen molar-refractivity contribution in [2.45, 2.75) is 19.9 Å². The Kier molecular flexibility index (Phi) is 3.24. The van der Waals surface area contributed by atoms with Crippen LogP contribution in [0.15, 0.2) is 27.5 Å². The number of hydrogen-bond donors (Lipinski definition) is 2. The zero-order chi connectivity index (χ0) is 13.4. The van der Waals surface area contributed by atoms with Crippen LogP contribution in [0.5, 0.6) is 0 Å². The maximum absolute atomic E-state index is 12.1. The van der Waals surface area contributed by atoms with E-state index in [0.29, 0.717) is 12.4 Å². The molecule has 19 heavy (non-hydrogen) atoms. The molecule has 2 heterocycles. The monoisotopic (exact) mass is 319 g/mol. The molecule has 0 saturated heterocycles. The first-order chi connectivity index (χ1) is 9.15. The smallest absolute Gasteiger partial charge is 0.255 e. The summed E-state index contributed by atoms with van der Waals surface area (Å²) in [6.07, 6.45) is 0.807. The van der Waals surface area contributed by atoms with Gasteiger partial charge in [0.15, 0.2) is 0 Å². The summed E-state index contributed by atoms with van der Waals surface area (Å²) in [6, 6.07) is 5.96. The van der Waals surface area contributed by atoms with Crippen LogP contribution in [0.3, 0.4) is 0 Å². The first-order valence-electron chi connectivity index (χ1n) is 6.24. The van der Waals surface area contributed by atoms with Gasteiger partial charge >= 0.3 is 0 Å². The van der Waals surface area contributed by atoms with E-state index >= 15 is 0 Å². The molecule has 1 aromatic carbocycles. The SMILES string of the molecule is Cc1cc(Br)ccc1-c1nc2c(c(=O)[nH]1)CNCC2. The van der Waals surface area contributed by atoms with E-state index in [-0.39, 0.29) is 5.56 Å². The standard InChI is InChI=1S/C14H14BrN3O/c1-8-6-9(15)2-3-10(8)13-17-12-4-5-16-7-11(12)14(19)18-13/h2-3,6,16H,4-5,7H2,1H3,(H,17,18,19). The zero-order valence-electron chi connectivity index (χ0n) is 10.6. The Labute approximate surface area is 119 Å². The number of fused-ring (bicyclic) bond motifs is 1. The molecule has 2 aromatic rings. The molecular weight excluding hydrogens is 306 g/mol. The quantitative estimate of drug-likeness (QED) is 0.846. The summed E-state index contributed by atoms with van der Waals surface area (Å²) in [5.41, 5.74) is 3.71. The van der Waals surface area contributed by atoms with Gasteiger partial charge in [-0.15, -0.1) is 0 Å². The van der Waals surface area contributed by atoms with Crippen LogP contribution >= 0.6 is 15.9 Å². The van der Waals surface area contributed by atoms with E-state index in [1.807, 2.05) is 25.1 Å². The average Bonchev–Trinajstić information content (AvgIpc) is 2.38. The molecule has 0 aliphatic carbocycles. The van der Waals surface area contributed by atoms with Crippen LogP contribution < -0.4 is 10.9 Å². The first kappa shape index (κ1) is 12.6. The van der Waals surface area contributed by atoms with Gasteiger partial charge in [-0.25, -0.2) is 4.98 Å². The van der Waals surface area contributed by atoms with Gasteiger partial charge in [0.05, 0.1) is 11.3 Å². The fraction of sp³-hybridized carbons (Fsp3) is 0.286. The minimum absolute atomic E-state index is 0.0329. The Hall–Kier alpha value is -1.46. The normalized spacial score (nSPS) is 14.2. The molecule has 98 valence electrons. The van der Waals surface area contributed by atoms with Gasteiger partial charge in [-0.1, -0.05) is 15.9 Å². The molecular formula is C14H14BrN3O. The molecule has 0 bridgehead atoms. The van der Waals surface area contributed by atoms with Gasteiger partial charge in [-0.05, 0) is 30.7 Å². The average molecular weight is 320 g/mol. The lowest BCUT2D eigenvalue weighted by atomic mass is 10.1. The molecule has 0 spiro atoms. The van der Waals surface area contributed by atoms with Crippen molar-refractivity contribution in [3.63, 3.8) is 0 Å². The number of benzene rings is 1. The minimum atomic E-state index is -0.0329. The van der Waals surface area contributed by atoms with Gasteiger partial charge in [-0.3, -0.25) is 4.79 Å². The second kappa shape index (κ2) is 4.90. The number of nitrogens with zero attached hydrogens (tertiary/aromatic N) is 1. The lowest BCUT2D eigenvalue weighted by Crippen LogP contribution is -2.31. The second-order valence-electron chi connectivity index (χ2n) is 4.73. The Morgan fingerprint density at radius 3 is 3.00 bits per heavy atom. The lowest BCUT2D eigenvalue weighted by Gasteiger charge is -2.16. The van der Waals surface area contributed by atoms with Crippen LogP contribution in [-0.2, 0) is 13.0 Å². The highest BCUT2D eigenvalue weighted by Crippen LogP contribution is 2.23. The third-order valence-corrected chi connectivity index (χ3v) is 3.88. The van der Waals surface area contributed by atoms with Crippen molar-refractivity contribution in [1.29, 1.82) is 0 Å². The van der Waals surface area contributed by atoms with Crippen LogP contribution in [0.1, 0.15) is 16.8 Å². The van der Waals surface area contributed by atoms with Crippen molar-refractivity contribution in [3.05, 3.63) is 49.8 Å². The van der Waals surface area contributed by atoms with E-state index in [1.54, 1.807) is 0 Å². The third kappa shape index (κ3) is 2.35. The highest BCUT2D eigenvalue weighted by Gasteiger charge is 2.16. The van der Waals surface area contributed by atoms with Crippen molar-refractivity contribution in [2.24, 2.45) is 0 Å². The summed E-state index contributed by atoms with van der Waals surface area (Å²) in [6.45, 7) is 3.50. The molecule has 0 saturated carbocycles. The van der Waals surface area contributed by atoms with Crippen molar-refractivity contribution < 1.29 is 0 Å². The van der Waals surface area contributed by atoms with Gasteiger partial charge < -0.3 is 10.3 Å². The second-order valence-corrected chi connectivity index (χ2v) is 5.64. The molecule has 2 N–H and O–H groups in total. The first-order valence-corrected chi connectivity index (χ1v) is 7.04. The maximum Gasteiger partial charge on any atom is 0.255 e. The van der Waals surface area contributed by atoms with Gasteiger partial charge in [0, 0.05) is 29.5 Å². The van der Waals surface area contributed by atoms with E-state index in [1.165, 1.54) is 0 Å². The lowest BCUT2D eigenvalue weighted by molar-refractivity contribution is 0.621. The molecule has 5 heteroatoms. The Bertz CT molecular complexity index is 694. The number of aromatic nitrogens is 2. The third-order valence-electron chi connectivity index (χ3n) is 3.39. The predicted molar refractivity (Wildman–Crippen MR) is 78.1 cm³/mol. The van der Waals surface area contributed by atoms with Crippen LogP contribution in [-0.4, -0.2) is 16.5 Å². The van der Waals surface area contributed by atoms with Crippen LogP contribution in [0.4, 0.5) is 0 Å². The largest absolute Gasteiger partial charge is 0.312 e. The van der Waals surface area contributed by atoms with E-state index < -0.39 is 0 Å². The summed E-state index contributed by atoms with van der Waals surface area (Å²) in [7, 11) is 0. The van der Waals surface area contributed by atoms with Gasteiger partial charge in [0.1, 0.15) is 5.82 Å². The number of aryl methyl sites for hydroxylation is 1. The molecule has 0 amide bonds. The number of nitrogens with one attached hydrogen (secondary N) is 2. The molecule has 0 unspecified atom stereocenters. The summed E-state index contributed by atoms with van der Waals surface area (Å²) >= 11 is 3.44. The summed E-state index contributed by atoms with van der Waals surface area (Å²) in [5.74, 6) is 0.663. The predicted octanol–water partition coefficient (Wildman–Crippen LogP) is 2.15. The minimum Gasteiger partial charge on any atom is -0.312 e. The highest BCUT2D eigenvalue weighted by atomic mass is 79.9. The fourth-order valence-corrected chi connectivity index (χ4v) is 2.85. The van der Waals surface area contributed by atoms with Gasteiger partial charge in [0.2, 0.25) is 0 Å². The number of rotatable bonds is 1. The van der Waals surface area contributed by atoms with E-state index in [0.717, 1.165) is 39.8 Å². The van der Waals surface area contributed by atoms with Crippen molar-refractivity contribution in [2.75, 3.05) is 6.54 Å². The highest BCUT2D eigenvalue weighted by molar-refractivity contribution is 9.10. The maximum atomic E-state index is 12.1. The molecule has 0 atom stereocenters. The summed E-state index contributed by atoms with van der Waals surface area (Å²) < 4.78 is 1.03. The van der Waals surface area contributed by atoms with Crippen molar-refractivity contribution >= 4 is 15.9 Å². The number of H-pyrrole nitrogens is 1. The van der Waals surface area contributed by atoms with Gasteiger partial charge in [-0.2, -0.15) is 0 Å². The molecule has 0 radical (unpaired) electrons. The summed E-state index contributed by atoms with van der Waals surface area (Å²) in [4.78, 5) is 19.6. The Morgan fingerprint density at radius 1 is 1.37 bits per heavy atom. The number of halogens is 1. The topological polar surface area (TPSA) is 57.8 Å². The van der Waals surface area contributed by atoms with Crippen LogP contribution in [0.2, 0.25) is 0 Å². The van der Waals surface area contributed by atoms with E-state index in [9.17, 15) is 4.79 Å². The summed E-state index contributed by atoms with van der Waals surface area (Å²) in [5, 5.41) is 3.19. The Morgan fingerprint density at radius 2 is 2.21 bits per heavy atom. The molecule has 1 aromatic heterocycles. The molecule has 1 aliphatic heterocycles. The number of aromatic amines is 1. The van der Waals surface area contributed by atoms with E-state index in [4.69, 9.17) is 0 Å². The van der Waals surface area contributed by atoms with E-state index in [2.05, 4.69) is 31.2 Å². The van der Waals surface area contributed by atoms with Crippen molar-refractivity contribution in [1.82, 2.24) is 15.3 Å². The molecule has 3 rings (SSSR count). The molecule has 4 nitrogen and oxygen atoms in total. The Balaban J connectivity index is 2.15. The van der Waals surface area contributed by atoms with Crippen LogP contribution in [0, 0.1) is 6.92 Å². The fourth-order valence-electron chi connectivity index (χ4n) is 2.37. The molecule has 1 aliphatic rings. The zero-order valence-corrected chi connectivity index (χ0v) is 12.2. The van der Waals surface area contributed by atoms with Gasteiger partial charge in [0.25, 0.3) is 5.56 Å². The van der Waals surface area contributed by atoms with Crippen LogP contribution in [0.25, 0.3) is 11.4 Å². The number of hydrogen-bond acceptors (Lipinski definition) is 3.